The topological polar surface area (TPSA) is 104 Å². The van der Waals surface area contributed by atoms with Crippen LogP contribution in [0.2, 0.25) is 0 Å². The number of aryl methyl sites for hydroxylation is 1. The molecular formula is C26H31N3O5S. The van der Waals surface area contributed by atoms with Crippen molar-refractivity contribution in [3.63, 3.8) is 0 Å². The van der Waals surface area contributed by atoms with Gasteiger partial charge in [0.2, 0.25) is 15.9 Å². The fraction of sp³-hybridized carbons (Fsp3) is 0.423. The van der Waals surface area contributed by atoms with Crippen molar-refractivity contribution in [2.45, 2.75) is 44.4 Å². The third kappa shape index (κ3) is 5.31. The van der Waals surface area contributed by atoms with Crippen LogP contribution < -0.4 is 5.32 Å². The second-order valence-electron chi connectivity index (χ2n) is 9.24. The van der Waals surface area contributed by atoms with E-state index in [-0.39, 0.29) is 41.5 Å². The Morgan fingerprint density at radius 1 is 0.914 bits per heavy atom. The van der Waals surface area contributed by atoms with Gasteiger partial charge in [0, 0.05) is 37.7 Å². The van der Waals surface area contributed by atoms with E-state index in [0.29, 0.717) is 29.7 Å². The quantitative estimate of drug-likeness (QED) is 0.616. The summed E-state index contributed by atoms with van der Waals surface area (Å²) in [5.41, 5.74) is 2.31. The number of amides is 2. The number of carbonyl (C=O) groups is 3. The SMILES string of the molecule is CC(=O)c1ccc(S(=O)(=O)N2CCC(C(=O)Nc3c(C)cccc3C(=O)N3CCCC3)CC2)cc1. The summed E-state index contributed by atoms with van der Waals surface area (Å²) < 4.78 is 27.4. The number of anilines is 1. The molecule has 8 nitrogen and oxygen atoms in total. The minimum absolute atomic E-state index is 0.0711. The smallest absolute Gasteiger partial charge is 0.255 e. The van der Waals surface area contributed by atoms with E-state index in [4.69, 9.17) is 0 Å². The van der Waals surface area contributed by atoms with Crippen LogP contribution in [0.25, 0.3) is 0 Å². The van der Waals surface area contributed by atoms with E-state index in [1.165, 1.54) is 35.5 Å². The molecule has 0 atom stereocenters. The average molecular weight is 498 g/mol. The lowest BCUT2D eigenvalue weighted by Crippen LogP contribution is -2.41. The van der Waals surface area contributed by atoms with Crippen LogP contribution in [0.1, 0.15) is 58.9 Å². The van der Waals surface area contributed by atoms with Gasteiger partial charge in [0.25, 0.3) is 5.91 Å². The third-order valence-corrected chi connectivity index (χ3v) is 8.78. The summed E-state index contributed by atoms with van der Waals surface area (Å²) >= 11 is 0. The van der Waals surface area contributed by atoms with Gasteiger partial charge in [-0.25, -0.2) is 8.42 Å². The van der Waals surface area contributed by atoms with E-state index in [0.717, 1.165) is 31.5 Å². The summed E-state index contributed by atoms with van der Waals surface area (Å²) in [6.07, 6.45) is 2.75. The fourth-order valence-electron chi connectivity index (χ4n) is 4.70. The maximum absolute atomic E-state index is 13.1. The number of ketones is 1. The van der Waals surface area contributed by atoms with Crippen molar-refractivity contribution in [3.05, 3.63) is 59.2 Å². The van der Waals surface area contributed by atoms with Gasteiger partial charge < -0.3 is 10.2 Å². The lowest BCUT2D eigenvalue weighted by molar-refractivity contribution is -0.120. The van der Waals surface area contributed by atoms with E-state index in [1.54, 1.807) is 6.07 Å². The number of nitrogens with one attached hydrogen (secondary N) is 1. The van der Waals surface area contributed by atoms with Gasteiger partial charge in [-0.15, -0.1) is 0 Å². The zero-order valence-electron chi connectivity index (χ0n) is 20.1. The van der Waals surface area contributed by atoms with Gasteiger partial charge in [-0.1, -0.05) is 24.3 Å². The summed E-state index contributed by atoms with van der Waals surface area (Å²) in [4.78, 5) is 39.5. The molecule has 2 aliphatic rings. The molecule has 0 aromatic heterocycles. The molecule has 35 heavy (non-hydrogen) atoms. The van der Waals surface area contributed by atoms with Crippen LogP contribution in [0.5, 0.6) is 0 Å². The first-order chi connectivity index (χ1) is 16.7. The summed E-state index contributed by atoms with van der Waals surface area (Å²) in [6.45, 7) is 5.20. The van der Waals surface area contributed by atoms with Crippen molar-refractivity contribution in [2.24, 2.45) is 5.92 Å². The molecule has 2 amide bonds. The molecule has 0 radical (unpaired) electrons. The zero-order chi connectivity index (χ0) is 25.2. The van der Waals surface area contributed by atoms with Crippen LogP contribution >= 0.6 is 0 Å². The van der Waals surface area contributed by atoms with Gasteiger partial charge in [0.05, 0.1) is 16.1 Å². The number of hydrogen-bond donors (Lipinski definition) is 1. The Morgan fingerprint density at radius 2 is 1.54 bits per heavy atom. The standard InChI is InChI=1S/C26H31N3O5S/c1-18-6-5-7-23(26(32)28-14-3-4-15-28)24(18)27-25(31)21-12-16-29(17-13-21)35(33,34)22-10-8-20(9-11-22)19(2)30/h5-11,21H,3-4,12-17H2,1-2H3,(H,27,31). The fourth-order valence-corrected chi connectivity index (χ4v) is 6.17. The van der Waals surface area contributed by atoms with Crippen molar-refractivity contribution in [1.29, 1.82) is 0 Å². The van der Waals surface area contributed by atoms with Crippen molar-refractivity contribution >= 4 is 33.3 Å². The highest BCUT2D eigenvalue weighted by Crippen LogP contribution is 2.28. The molecule has 0 spiro atoms. The lowest BCUT2D eigenvalue weighted by atomic mass is 9.96. The average Bonchev–Trinajstić information content (AvgIpc) is 3.40. The van der Waals surface area contributed by atoms with Crippen LogP contribution in [0.15, 0.2) is 47.4 Å². The molecule has 2 heterocycles. The van der Waals surface area contributed by atoms with E-state index in [2.05, 4.69) is 5.32 Å². The lowest BCUT2D eigenvalue weighted by Gasteiger charge is -2.31. The molecule has 0 unspecified atom stereocenters. The van der Waals surface area contributed by atoms with Gasteiger partial charge in [-0.3, -0.25) is 14.4 Å². The maximum atomic E-state index is 13.1. The van der Waals surface area contributed by atoms with Gasteiger partial charge in [-0.2, -0.15) is 4.31 Å². The molecule has 186 valence electrons. The van der Waals surface area contributed by atoms with Crippen molar-refractivity contribution in [1.82, 2.24) is 9.21 Å². The summed E-state index contributed by atoms with van der Waals surface area (Å²) in [5.74, 6) is -0.744. The number of piperidine rings is 1. The number of rotatable bonds is 6. The van der Waals surface area contributed by atoms with Crippen LogP contribution in [0.3, 0.4) is 0 Å². The molecule has 0 bridgehead atoms. The highest BCUT2D eigenvalue weighted by atomic mass is 32.2. The van der Waals surface area contributed by atoms with E-state index >= 15 is 0 Å². The Kier molecular flexibility index (Phi) is 7.37. The number of nitrogens with zero attached hydrogens (tertiary/aromatic N) is 2. The predicted molar refractivity (Wildman–Crippen MR) is 133 cm³/mol. The van der Waals surface area contributed by atoms with E-state index < -0.39 is 10.0 Å². The number of likely N-dealkylation sites (tertiary alicyclic amines) is 1. The Hall–Kier alpha value is -3.04. The number of benzene rings is 2. The first-order valence-electron chi connectivity index (χ1n) is 12.0. The first kappa shape index (κ1) is 25.1. The third-order valence-electron chi connectivity index (χ3n) is 6.87. The number of hydrogen-bond acceptors (Lipinski definition) is 5. The number of Topliss-reactive ketones (excluding diaryl/α,β-unsaturated/α-hetero) is 1. The summed E-state index contributed by atoms with van der Waals surface area (Å²) in [7, 11) is -3.71. The van der Waals surface area contributed by atoms with Gasteiger partial charge >= 0.3 is 0 Å². The van der Waals surface area contributed by atoms with Crippen molar-refractivity contribution in [3.8, 4) is 0 Å². The van der Waals surface area contributed by atoms with Gasteiger partial charge in [0.1, 0.15) is 0 Å². The molecule has 2 aromatic carbocycles. The number of sulfonamides is 1. The second-order valence-corrected chi connectivity index (χ2v) is 11.2. The molecule has 2 aliphatic heterocycles. The minimum Gasteiger partial charge on any atom is -0.339 e. The van der Waals surface area contributed by atoms with Crippen molar-refractivity contribution in [2.75, 3.05) is 31.5 Å². The molecule has 4 rings (SSSR count). The Bertz CT molecular complexity index is 1230. The predicted octanol–water partition coefficient (Wildman–Crippen LogP) is 3.47. The van der Waals surface area contributed by atoms with Crippen LogP contribution in [0.4, 0.5) is 5.69 Å². The molecule has 0 saturated carbocycles. The monoisotopic (exact) mass is 497 g/mol. The molecule has 1 N–H and O–H groups in total. The van der Waals surface area contributed by atoms with Gasteiger partial charge in [-0.05, 0) is 63.3 Å². The van der Waals surface area contributed by atoms with Crippen LogP contribution in [0, 0.1) is 12.8 Å². The number of carbonyl (C=O) groups excluding carboxylic acids is 3. The highest BCUT2D eigenvalue weighted by molar-refractivity contribution is 7.89. The van der Waals surface area contributed by atoms with Gasteiger partial charge in [0.15, 0.2) is 5.78 Å². The first-order valence-corrected chi connectivity index (χ1v) is 13.4. The summed E-state index contributed by atoms with van der Waals surface area (Å²) in [5, 5.41) is 2.97. The molecule has 0 aliphatic carbocycles. The molecular weight excluding hydrogens is 466 g/mol. The summed E-state index contributed by atoms with van der Waals surface area (Å²) in [6, 6.07) is 11.3. The minimum atomic E-state index is -3.71. The maximum Gasteiger partial charge on any atom is 0.255 e. The van der Waals surface area contributed by atoms with Crippen LogP contribution in [-0.4, -0.2) is 61.4 Å². The number of para-hydroxylation sites is 1. The molecule has 9 heteroatoms. The molecule has 2 saturated heterocycles. The molecule has 2 fully saturated rings. The van der Waals surface area contributed by atoms with E-state index in [9.17, 15) is 22.8 Å². The Balaban J connectivity index is 1.42. The van der Waals surface area contributed by atoms with Crippen LogP contribution in [-0.2, 0) is 14.8 Å². The Labute approximate surface area is 206 Å². The van der Waals surface area contributed by atoms with Crippen molar-refractivity contribution < 1.29 is 22.8 Å². The molecule has 2 aromatic rings. The second kappa shape index (κ2) is 10.3. The highest BCUT2D eigenvalue weighted by Gasteiger charge is 2.33. The normalized spacial score (nSPS) is 17.4. The Morgan fingerprint density at radius 3 is 2.14 bits per heavy atom. The zero-order valence-corrected chi connectivity index (χ0v) is 20.9. The van der Waals surface area contributed by atoms with E-state index in [1.807, 2.05) is 24.0 Å². The largest absolute Gasteiger partial charge is 0.339 e.